The lowest BCUT2D eigenvalue weighted by atomic mass is 10.1. The average molecular weight is 434 g/mol. The lowest BCUT2D eigenvalue weighted by molar-refractivity contribution is -0.145. The largest absolute Gasteiger partial charge is 0.490 e. The second kappa shape index (κ2) is 12.2. The van der Waals surface area contributed by atoms with E-state index in [-0.39, 0.29) is 13.2 Å². The first-order chi connectivity index (χ1) is 15.7. The zero-order chi connectivity index (χ0) is 22.6. The van der Waals surface area contributed by atoms with E-state index in [0.29, 0.717) is 24.3 Å². The molecule has 3 aromatic rings. The molecule has 0 saturated heterocycles. The molecule has 1 unspecified atom stereocenters. The van der Waals surface area contributed by atoms with E-state index in [1.165, 1.54) is 0 Å². The van der Waals surface area contributed by atoms with E-state index < -0.39 is 17.9 Å². The molecule has 0 spiro atoms. The maximum Gasteiger partial charge on any atom is 0.328 e. The fraction of sp³-hybridized carbons (Fsp3) is 0.231. The summed E-state index contributed by atoms with van der Waals surface area (Å²) in [4.78, 5) is 25.5. The van der Waals surface area contributed by atoms with Crippen LogP contribution in [0.15, 0.2) is 84.9 Å². The van der Waals surface area contributed by atoms with Crippen LogP contribution in [0.25, 0.3) is 0 Å². The molecule has 0 bridgehead atoms. The number of carbonyl (C=O) groups is 2. The summed E-state index contributed by atoms with van der Waals surface area (Å²) in [6.45, 7) is 2.57. The number of rotatable bonds is 11. The highest BCUT2D eigenvalue weighted by Crippen LogP contribution is 2.19. The summed E-state index contributed by atoms with van der Waals surface area (Å²) >= 11 is 0. The average Bonchev–Trinajstić information content (AvgIpc) is 2.83. The SMILES string of the molecule is CCOC(=O)C(Cc1ccccc1)NC(=O)c1ccccc1OCCOc1ccccc1. The van der Waals surface area contributed by atoms with Gasteiger partial charge in [0.2, 0.25) is 0 Å². The first-order valence-electron chi connectivity index (χ1n) is 10.6. The van der Waals surface area contributed by atoms with Crippen LogP contribution >= 0.6 is 0 Å². The topological polar surface area (TPSA) is 73.9 Å². The fourth-order valence-electron chi connectivity index (χ4n) is 3.13. The molecule has 6 nitrogen and oxygen atoms in total. The molecule has 6 heteroatoms. The molecule has 0 fully saturated rings. The van der Waals surface area contributed by atoms with Crippen LogP contribution in [0.1, 0.15) is 22.8 Å². The number of ether oxygens (including phenoxy) is 3. The van der Waals surface area contributed by atoms with Gasteiger partial charge >= 0.3 is 5.97 Å². The number of benzene rings is 3. The van der Waals surface area contributed by atoms with Crippen LogP contribution in [-0.2, 0) is 16.0 Å². The highest BCUT2D eigenvalue weighted by molar-refractivity contribution is 5.99. The van der Waals surface area contributed by atoms with E-state index in [4.69, 9.17) is 14.2 Å². The Labute approximate surface area is 188 Å². The molecule has 3 aromatic carbocycles. The minimum atomic E-state index is -0.806. The minimum Gasteiger partial charge on any atom is -0.490 e. The minimum absolute atomic E-state index is 0.237. The summed E-state index contributed by atoms with van der Waals surface area (Å²) in [5, 5.41) is 2.80. The maximum atomic E-state index is 13.0. The smallest absolute Gasteiger partial charge is 0.328 e. The molecule has 0 aliphatic heterocycles. The third kappa shape index (κ3) is 6.87. The van der Waals surface area contributed by atoms with Crippen LogP contribution in [0, 0.1) is 0 Å². The van der Waals surface area contributed by atoms with Gasteiger partial charge in [-0.3, -0.25) is 4.79 Å². The normalized spacial score (nSPS) is 11.3. The molecule has 0 heterocycles. The number of carbonyl (C=O) groups excluding carboxylic acids is 2. The van der Waals surface area contributed by atoms with Crippen molar-refractivity contribution in [3.63, 3.8) is 0 Å². The second-order valence-electron chi connectivity index (χ2n) is 6.97. The quantitative estimate of drug-likeness (QED) is 0.365. The van der Waals surface area contributed by atoms with E-state index in [0.717, 1.165) is 11.3 Å². The number of hydrogen-bond acceptors (Lipinski definition) is 5. The van der Waals surface area contributed by atoms with Crippen molar-refractivity contribution in [3.8, 4) is 11.5 Å². The van der Waals surface area contributed by atoms with Gasteiger partial charge in [0.05, 0.1) is 12.2 Å². The number of hydrogen-bond donors (Lipinski definition) is 1. The zero-order valence-corrected chi connectivity index (χ0v) is 18.0. The molecular formula is C26H27NO5. The van der Waals surface area contributed by atoms with E-state index in [9.17, 15) is 9.59 Å². The first-order valence-corrected chi connectivity index (χ1v) is 10.6. The number of nitrogens with one attached hydrogen (secondary N) is 1. The third-order valence-corrected chi connectivity index (χ3v) is 4.64. The Morgan fingerprint density at radius 3 is 2.16 bits per heavy atom. The second-order valence-corrected chi connectivity index (χ2v) is 6.97. The van der Waals surface area contributed by atoms with Crippen LogP contribution in [0.5, 0.6) is 11.5 Å². The van der Waals surface area contributed by atoms with Gasteiger partial charge in [-0.05, 0) is 36.8 Å². The summed E-state index contributed by atoms with van der Waals surface area (Å²) in [6, 6.07) is 25.0. The van der Waals surface area contributed by atoms with Crippen LogP contribution in [0.2, 0.25) is 0 Å². The number of para-hydroxylation sites is 2. The van der Waals surface area contributed by atoms with Crippen molar-refractivity contribution in [2.75, 3.05) is 19.8 Å². The number of esters is 1. The molecule has 0 aliphatic carbocycles. The van der Waals surface area contributed by atoms with Crippen LogP contribution in [0.4, 0.5) is 0 Å². The first kappa shape index (κ1) is 22.9. The third-order valence-electron chi connectivity index (χ3n) is 4.64. The van der Waals surface area contributed by atoms with Gasteiger partial charge in [-0.25, -0.2) is 4.79 Å². The molecule has 3 rings (SSSR count). The van der Waals surface area contributed by atoms with E-state index in [1.54, 1.807) is 31.2 Å². The monoisotopic (exact) mass is 433 g/mol. The van der Waals surface area contributed by atoms with Crippen molar-refractivity contribution in [3.05, 3.63) is 96.1 Å². The molecule has 1 amide bonds. The Morgan fingerprint density at radius 1 is 0.812 bits per heavy atom. The summed E-state index contributed by atoms with van der Waals surface area (Å²) < 4.78 is 16.6. The fourth-order valence-corrected chi connectivity index (χ4v) is 3.13. The summed E-state index contributed by atoms with van der Waals surface area (Å²) in [5.41, 5.74) is 1.27. The Balaban J connectivity index is 1.63. The lowest BCUT2D eigenvalue weighted by Gasteiger charge is -2.18. The molecule has 1 N–H and O–H groups in total. The highest BCUT2D eigenvalue weighted by atomic mass is 16.5. The van der Waals surface area contributed by atoms with Gasteiger partial charge < -0.3 is 19.5 Å². The van der Waals surface area contributed by atoms with E-state index in [1.807, 2.05) is 60.7 Å². The van der Waals surface area contributed by atoms with Gasteiger partial charge in [0, 0.05) is 6.42 Å². The van der Waals surface area contributed by atoms with Gasteiger partial charge in [-0.15, -0.1) is 0 Å². The molecule has 1 atom stereocenters. The van der Waals surface area contributed by atoms with Crippen molar-refractivity contribution in [1.29, 1.82) is 0 Å². The highest BCUT2D eigenvalue weighted by Gasteiger charge is 2.24. The van der Waals surface area contributed by atoms with Crippen LogP contribution < -0.4 is 14.8 Å². The molecular weight excluding hydrogens is 406 g/mol. The molecule has 0 aliphatic rings. The number of amides is 1. The molecule has 0 radical (unpaired) electrons. The van der Waals surface area contributed by atoms with Crippen molar-refractivity contribution >= 4 is 11.9 Å². The predicted octanol–water partition coefficient (Wildman–Crippen LogP) is 4.05. The summed E-state index contributed by atoms with van der Waals surface area (Å²) in [7, 11) is 0. The summed E-state index contributed by atoms with van der Waals surface area (Å²) in [5.74, 6) is 0.294. The van der Waals surface area contributed by atoms with Crippen LogP contribution in [-0.4, -0.2) is 37.7 Å². The van der Waals surface area contributed by atoms with Gasteiger partial charge in [-0.2, -0.15) is 0 Å². The van der Waals surface area contributed by atoms with Gasteiger partial charge in [0.25, 0.3) is 5.91 Å². The van der Waals surface area contributed by atoms with Crippen molar-refractivity contribution in [2.24, 2.45) is 0 Å². The molecule has 32 heavy (non-hydrogen) atoms. The Hall–Kier alpha value is -3.80. The van der Waals surface area contributed by atoms with Gasteiger partial charge in [0.1, 0.15) is 30.8 Å². The van der Waals surface area contributed by atoms with Crippen LogP contribution in [0.3, 0.4) is 0 Å². The van der Waals surface area contributed by atoms with Crippen molar-refractivity contribution in [1.82, 2.24) is 5.32 Å². The van der Waals surface area contributed by atoms with E-state index >= 15 is 0 Å². The summed E-state index contributed by atoms with van der Waals surface area (Å²) in [6.07, 6.45) is 0.333. The molecule has 166 valence electrons. The van der Waals surface area contributed by atoms with Gasteiger partial charge in [-0.1, -0.05) is 60.7 Å². The van der Waals surface area contributed by atoms with Crippen molar-refractivity contribution in [2.45, 2.75) is 19.4 Å². The standard InChI is InChI=1S/C26H27NO5/c1-2-30-26(29)23(19-20-11-5-3-6-12-20)27-25(28)22-15-9-10-16-24(22)32-18-17-31-21-13-7-4-8-14-21/h3-16,23H,2,17-19H2,1H3,(H,27,28). The molecule has 0 saturated carbocycles. The van der Waals surface area contributed by atoms with Crippen molar-refractivity contribution < 1.29 is 23.8 Å². The lowest BCUT2D eigenvalue weighted by Crippen LogP contribution is -2.43. The Morgan fingerprint density at radius 2 is 1.44 bits per heavy atom. The Kier molecular flexibility index (Phi) is 8.69. The van der Waals surface area contributed by atoms with E-state index in [2.05, 4.69) is 5.32 Å². The predicted molar refractivity (Wildman–Crippen MR) is 122 cm³/mol. The Bertz CT molecular complexity index is 991. The van der Waals surface area contributed by atoms with Gasteiger partial charge in [0.15, 0.2) is 0 Å². The maximum absolute atomic E-state index is 13.0. The zero-order valence-electron chi connectivity index (χ0n) is 18.0. The molecule has 0 aromatic heterocycles.